The lowest BCUT2D eigenvalue weighted by Crippen LogP contribution is -2.26. The molecule has 0 N–H and O–H groups in total. The smallest absolute Gasteiger partial charge is 0.257 e. The Morgan fingerprint density at radius 1 is 1.16 bits per heavy atom. The average molecular weight is 433 g/mol. The van der Waals surface area contributed by atoms with Crippen LogP contribution in [0.25, 0.3) is 17.4 Å². The molecule has 0 fully saturated rings. The lowest BCUT2D eigenvalue weighted by molar-refractivity contribution is 0.0784. The van der Waals surface area contributed by atoms with Crippen LogP contribution in [0.4, 0.5) is 0 Å². The van der Waals surface area contributed by atoms with E-state index in [4.69, 9.17) is 13.9 Å². The number of ether oxygens (including phenoxy) is 2. The molecular weight excluding hydrogens is 410 g/mol. The molecule has 164 valence electrons. The van der Waals surface area contributed by atoms with Crippen molar-refractivity contribution in [2.24, 2.45) is 0 Å². The summed E-state index contributed by atoms with van der Waals surface area (Å²) in [5.41, 5.74) is 2.66. The van der Waals surface area contributed by atoms with Gasteiger partial charge in [0.15, 0.2) is 17.3 Å². The Hall–Kier alpha value is -4.14. The van der Waals surface area contributed by atoms with Crippen molar-refractivity contribution in [3.05, 3.63) is 71.9 Å². The minimum Gasteiger partial charge on any atom is -0.493 e. The molecular formula is C23H23N5O4. The summed E-state index contributed by atoms with van der Waals surface area (Å²) in [4.78, 5) is 23.5. The summed E-state index contributed by atoms with van der Waals surface area (Å²) in [6, 6.07) is 10.9. The largest absolute Gasteiger partial charge is 0.493 e. The molecule has 4 rings (SSSR count). The van der Waals surface area contributed by atoms with E-state index < -0.39 is 0 Å². The first-order valence-electron chi connectivity index (χ1n) is 9.90. The summed E-state index contributed by atoms with van der Waals surface area (Å²) in [6.07, 6.45) is 4.75. The first-order valence-corrected chi connectivity index (χ1v) is 9.90. The lowest BCUT2D eigenvalue weighted by Gasteiger charge is -2.18. The Bertz CT molecular complexity index is 1230. The van der Waals surface area contributed by atoms with Crippen LogP contribution in [0.5, 0.6) is 11.5 Å². The van der Waals surface area contributed by atoms with Gasteiger partial charge in [-0.05, 0) is 42.8 Å². The molecule has 0 spiro atoms. The van der Waals surface area contributed by atoms with E-state index in [9.17, 15) is 4.79 Å². The number of rotatable bonds is 7. The van der Waals surface area contributed by atoms with Gasteiger partial charge in [-0.3, -0.25) is 4.79 Å². The summed E-state index contributed by atoms with van der Waals surface area (Å²) in [5.74, 6) is 2.08. The van der Waals surface area contributed by atoms with Gasteiger partial charge in [0.25, 0.3) is 11.9 Å². The van der Waals surface area contributed by atoms with Gasteiger partial charge >= 0.3 is 0 Å². The third-order valence-corrected chi connectivity index (χ3v) is 5.06. The molecule has 0 saturated heterocycles. The van der Waals surface area contributed by atoms with Crippen molar-refractivity contribution in [1.82, 2.24) is 24.6 Å². The molecule has 1 amide bonds. The summed E-state index contributed by atoms with van der Waals surface area (Å²) in [6.45, 7) is 2.21. The zero-order valence-corrected chi connectivity index (χ0v) is 18.3. The van der Waals surface area contributed by atoms with E-state index in [2.05, 4.69) is 15.1 Å². The highest BCUT2D eigenvalue weighted by atomic mass is 16.5. The van der Waals surface area contributed by atoms with Crippen LogP contribution in [0.15, 0.2) is 59.5 Å². The second kappa shape index (κ2) is 8.93. The molecule has 0 saturated carbocycles. The Kier molecular flexibility index (Phi) is 5.89. The van der Waals surface area contributed by atoms with Crippen LogP contribution in [0, 0.1) is 6.92 Å². The second-order valence-electron chi connectivity index (χ2n) is 7.13. The summed E-state index contributed by atoms with van der Waals surface area (Å²) in [7, 11) is 4.91. The van der Waals surface area contributed by atoms with Gasteiger partial charge in [0, 0.05) is 19.8 Å². The molecule has 0 atom stereocenters. The van der Waals surface area contributed by atoms with E-state index in [1.165, 1.54) is 6.20 Å². The van der Waals surface area contributed by atoms with Gasteiger partial charge < -0.3 is 18.8 Å². The van der Waals surface area contributed by atoms with Gasteiger partial charge in [-0.1, -0.05) is 6.07 Å². The number of amides is 1. The van der Waals surface area contributed by atoms with Crippen LogP contribution in [0.3, 0.4) is 0 Å². The van der Waals surface area contributed by atoms with Crippen molar-refractivity contribution in [2.75, 3.05) is 21.3 Å². The van der Waals surface area contributed by atoms with Crippen LogP contribution >= 0.6 is 0 Å². The van der Waals surface area contributed by atoms with Crippen molar-refractivity contribution in [3.63, 3.8) is 0 Å². The van der Waals surface area contributed by atoms with Gasteiger partial charge in [0.1, 0.15) is 5.69 Å². The highest BCUT2D eigenvalue weighted by Gasteiger charge is 2.20. The van der Waals surface area contributed by atoms with Gasteiger partial charge in [-0.2, -0.15) is 5.10 Å². The maximum absolute atomic E-state index is 13.1. The number of methoxy groups -OCH3 is 2. The van der Waals surface area contributed by atoms with Crippen molar-refractivity contribution >= 4 is 5.91 Å². The number of aromatic nitrogens is 4. The van der Waals surface area contributed by atoms with Gasteiger partial charge in [-0.25, -0.2) is 14.6 Å². The molecule has 0 radical (unpaired) electrons. The van der Waals surface area contributed by atoms with E-state index in [1.807, 2.05) is 31.2 Å². The molecule has 4 aromatic rings. The minimum atomic E-state index is -0.161. The molecule has 3 heterocycles. The number of hydrogen-bond donors (Lipinski definition) is 0. The van der Waals surface area contributed by atoms with E-state index in [1.54, 1.807) is 55.4 Å². The number of carbonyl (C=O) groups excluding carboxylic acids is 1. The maximum Gasteiger partial charge on any atom is 0.257 e. The van der Waals surface area contributed by atoms with Gasteiger partial charge in [-0.15, -0.1) is 0 Å². The molecule has 1 aromatic carbocycles. The van der Waals surface area contributed by atoms with Crippen molar-refractivity contribution < 1.29 is 18.7 Å². The SMILES string of the molecule is COc1ccc(CN(C)C(=O)c2cnn(-c3nccc(-c4ccco4)n3)c2C)cc1OC. The molecule has 0 aliphatic rings. The third-order valence-electron chi connectivity index (χ3n) is 5.06. The fraction of sp³-hybridized carbons (Fsp3) is 0.217. The highest BCUT2D eigenvalue weighted by molar-refractivity contribution is 5.95. The van der Waals surface area contributed by atoms with Crippen molar-refractivity contribution in [3.8, 4) is 28.9 Å². The average Bonchev–Trinajstić information content (AvgIpc) is 3.48. The predicted molar refractivity (Wildman–Crippen MR) is 117 cm³/mol. The topological polar surface area (TPSA) is 95.5 Å². The van der Waals surface area contributed by atoms with Crippen molar-refractivity contribution in [1.29, 1.82) is 0 Å². The van der Waals surface area contributed by atoms with Crippen LogP contribution < -0.4 is 9.47 Å². The quantitative estimate of drug-likeness (QED) is 0.440. The molecule has 9 nitrogen and oxygen atoms in total. The number of hydrogen-bond acceptors (Lipinski definition) is 7. The normalized spacial score (nSPS) is 10.8. The van der Waals surface area contributed by atoms with Crippen molar-refractivity contribution in [2.45, 2.75) is 13.5 Å². The molecule has 9 heteroatoms. The molecule has 0 aliphatic heterocycles. The zero-order chi connectivity index (χ0) is 22.7. The first kappa shape index (κ1) is 21.1. The predicted octanol–water partition coefficient (Wildman–Crippen LogP) is 3.52. The molecule has 3 aromatic heterocycles. The van der Waals surface area contributed by atoms with Crippen LogP contribution in [-0.4, -0.2) is 51.8 Å². The molecule has 0 unspecified atom stereocenters. The number of furan rings is 1. The number of carbonyl (C=O) groups is 1. The maximum atomic E-state index is 13.1. The highest BCUT2D eigenvalue weighted by Crippen LogP contribution is 2.28. The molecule has 0 bridgehead atoms. The fourth-order valence-electron chi connectivity index (χ4n) is 3.36. The van der Waals surface area contributed by atoms with E-state index >= 15 is 0 Å². The standard InChI is InChI=1S/C23H23N5O4/c1-15-17(22(29)27(2)14-16-7-8-20(30-3)21(12-16)31-4)13-25-28(15)23-24-10-9-18(26-23)19-6-5-11-32-19/h5-13H,14H2,1-4H3. The first-order chi connectivity index (χ1) is 15.5. The summed E-state index contributed by atoms with van der Waals surface area (Å²) >= 11 is 0. The second-order valence-corrected chi connectivity index (χ2v) is 7.13. The van der Waals surface area contributed by atoms with E-state index in [0.717, 1.165) is 5.56 Å². The molecule has 0 aliphatic carbocycles. The lowest BCUT2D eigenvalue weighted by atomic mass is 10.1. The van der Waals surface area contributed by atoms with E-state index in [-0.39, 0.29) is 5.91 Å². The number of nitrogens with zero attached hydrogens (tertiary/aromatic N) is 5. The van der Waals surface area contributed by atoms with Gasteiger partial charge in [0.05, 0.1) is 37.9 Å². The summed E-state index contributed by atoms with van der Waals surface area (Å²) < 4.78 is 17.6. The minimum absolute atomic E-state index is 0.161. The molecule has 32 heavy (non-hydrogen) atoms. The number of benzene rings is 1. The Morgan fingerprint density at radius 2 is 1.97 bits per heavy atom. The Morgan fingerprint density at radius 3 is 2.69 bits per heavy atom. The third kappa shape index (κ3) is 4.04. The van der Waals surface area contributed by atoms with Crippen LogP contribution in [0.2, 0.25) is 0 Å². The fourth-order valence-corrected chi connectivity index (χ4v) is 3.36. The summed E-state index contributed by atoms with van der Waals surface area (Å²) in [5, 5.41) is 4.35. The Labute approximate surface area is 185 Å². The Balaban J connectivity index is 1.55. The monoisotopic (exact) mass is 433 g/mol. The zero-order valence-electron chi connectivity index (χ0n) is 18.3. The van der Waals surface area contributed by atoms with E-state index in [0.29, 0.717) is 46.7 Å². The van der Waals surface area contributed by atoms with Crippen LogP contribution in [0.1, 0.15) is 21.6 Å². The van der Waals surface area contributed by atoms with Gasteiger partial charge in [0.2, 0.25) is 0 Å². The van der Waals surface area contributed by atoms with Crippen LogP contribution in [-0.2, 0) is 6.54 Å².